The van der Waals surface area contributed by atoms with Gasteiger partial charge in [-0.3, -0.25) is 0 Å². The number of nitrogens with one attached hydrogen (secondary N) is 2. The van der Waals surface area contributed by atoms with Crippen LogP contribution in [0.4, 0.5) is 10.5 Å². The molecule has 0 heterocycles. The van der Waals surface area contributed by atoms with Crippen molar-refractivity contribution in [2.45, 2.75) is 13.3 Å². The number of rotatable bonds is 9. The summed E-state index contributed by atoms with van der Waals surface area (Å²) in [5, 5.41) is 5.50. The number of carbonyl (C=O) groups is 1. The molecule has 0 aliphatic rings. The Hall–Kier alpha value is -3.09. The number of methoxy groups -OCH3 is 3. The number of hydrogen-bond donors (Lipinski definition) is 2. The Morgan fingerprint density at radius 3 is 2.22 bits per heavy atom. The van der Waals surface area contributed by atoms with Crippen LogP contribution < -0.4 is 29.6 Å². The van der Waals surface area contributed by atoms with Gasteiger partial charge < -0.3 is 29.6 Å². The van der Waals surface area contributed by atoms with Crippen LogP contribution in [0.3, 0.4) is 0 Å². The zero-order valence-electron chi connectivity index (χ0n) is 16.1. The van der Waals surface area contributed by atoms with Gasteiger partial charge in [0.1, 0.15) is 12.4 Å². The summed E-state index contributed by atoms with van der Waals surface area (Å²) in [6.07, 6.45) is 0.894. The normalized spacial score (nSPS) is 10.1. The van der Waals surface area contributed by atoms with Crippen LogP contribution in [0.2, 0.25) is 0 Å². The van der Waals surface area contributed by atoms with E-state index < -0.39 is 0 Å². The Bertz CT molecular complexity index is 739. The van der Waals surface area contributed by atoms with E-state index in [0.717, 1.165) is 17.7 Å². The Balaban J connectivity index is 1.88. The number of hydrogen-bond acceptors (Lipinski definition) is 5. The van der Waals surface area contributed by atoms with Crippen molar-refractivity contribution >= 4 is 11.7 Å². The van der Waals surface area contributed by atoms with Crippen molar-refractivity contribution in [3.8, 4) is 23.0 Å². The number of para-hydroxylation sites is 1. The van der Waals surface area contributed by atoms with Gasteiger partial charge in [-0.25, -0.2) is 4.79 Å². The first-order valence-corrected chi connectivity index (χ1v) is 8.68. The summed E-state index contributed by atoms with van der Waals surface area (Å²) < 4.78 is 21.5. The van der Waals surface area contributed by atoms with Crippen LogP contribution in [-0.2, 0) is 6.42 Å². The van der Waals surface area contributed by atoms with E-state index in [1.54, 1.807) is 12.1 Å². The molecule has 0 aliphatic carbocycles. The zero-order chi connectivity index (χ0) is 19.6. The van der Waals surface area contributed by atoms with Gasteiger partial charge in [-0.2, -0.15) is 0 Å². The molecule has 0 aromatic heterocycles. The predicted molar refractivity (Wildman–Crippen MR) is 104 cm³/mol. The molecule has 146 valence electrons. The maximum Gasteiger partial charge on any atom is 0.319 e. The van der Waals surface area contributed by atoms with Crippen molar-refractivity contribution in [1.29, 1.82) is 0 Å². The second kappa shape index (κ2) is 10.2. The highest BCUT2D eigenvalue weighted by atomic mass is 16.5. The van der Waals surface area contributed by atoms with Crippen LogP contribution in [-0.4, -0.2) is 40.5 Å². The van der Waals surface area contributed by atoms with Crippen LogP contribution in [0.15, 0.2) is 36.4 Å². The van der Waals surface area contributed by atoms with E-state index in [0.29, 0.717) is 36.1 Å². The maximum atomic E-state index is 12.1. The van der Waals surface area contributed by atoms with Gasteiger partial charge in [0.25, 0.3) is 0 Å². The molecule has 0 radical (unpaired) electrons. The summed E-state index contributed by atoms with van der Waals surface area (Å²) in [6, 6.07) is 10.8. The van der Waals surface area contributed by atoms with E-state index in [1.807, 2.05) is 24.3 Å². The van der Waals surface area contributed by atoms with Crippen LogP contribution in [0, 0.1) is 0 Å². The van der Waals surface area contributed by atoms with Gasteiger partial charge in [0.2, 0.25) is 5.75 Å². The molecule has 0 saturated carbocycles. The molecule has 2 amide bonds. The number of anilines is 1. The summed E-state index contributed by atoms with van der Waals surface area (Å²) in [5.74, 6) is 2.24. The molecule has 0 aliphatic heterocycles. The highest BCUT2D eigenvalue weighted by Crippen LogP contribution is 2.39. The standard InChI is InChI=1S/C20H26N2O5/c1-5-14-8-6-7-9-16(14)27-11-10-21-20(23)22-15-12-17(24-2)19(26-4)18(13-15)25-3/h6-9,12-13H,5,10-11H2,1-4H3,(H2,21,22,23). The van der Waals surface area contributed by atoms with Crippen LogP contribution in [0.5, 0.6) is 23.0 Å². The van der Waals surface area contributed by atoms with Gasteiger partial charge in [0, 0.05) is 12.1 Å². The van der Waals surface area contributed by atoms with Crippen molar-refractivity contribution in [2.24, 2.45) is 0 Å². The third kappa shape index (κ3) is 5.44. The summed E-state index contributed by atoms with van der Waals surface area (Å²) >= 11 is 0. The van der Waals surface area contributed by atoms with Gasteiger partial charge in [-0.15, -0.1) is 0 Å². The van der Waals surface area contributed by atoms with Crippen molar-refractivity contribution in [3.63, 3.8) is 0 Å². The number of benzene rings is 2. The quantitative estimate of drug-likeness (QED) is 0.657. The van der Waals surface area contributed by atoms with Crippen molar-refractivity contribution in [1.82, 2.24) is 5.32 Å². The fraction of sp³-hybridized carbons (Fsp3) is 0.350. The molecule has 27 heavy (non-hydrogen) atoms. The number of amides is 2. The fourth-order valence-electron chi connectivity index (χ4n) is 2.59. The lowest BCUT2D eigenvalue weighted by Crippen LogP contribution is -2.32. The average molecular weight is 374 g/mol. The number of urea groups is 1. The van der Waals surface area contributed by atoms with Gasteiger partial charge in [0.05, 0.1) is 33.6 Å². The lowest BCUT2D eigenvalue weighted by Gasteiger charge is -2.15. The highest BCUT2D eigenvalue weighted by Gasteiger charge is 2.14. The molecule has 0 unspecified atom stereocenters. The van der Waals surface area contributed by atoms with Gasteiger partial charge in [-0.1, -0.05) is 25.1 Å². The minimum atomic E-state index is -0.350. The SMILES string of the molecule is CCc1ccccc1OCCNC(=O)Nc1cc(OC)c(OC)c(OC)c1. The lowest BCUT2D eigenvalue weighted by atomic mass is 10.1. The van der Waals surface area contributed by atoms with E-state index in [4.69, 9.17) is 18.9 Å². The molecule has 7 nitrogen and oxygen atoms in total. The molecule has 0 atom stereocenters. The molecule has 2 aromatic rings. The molecule has 2 rings (SSSR count). The first kappa shape index (κ1) is 20.2. The average Bonchev–Trinajstić information content (AvgIpc) is 2.70. The third-order valence-electron chi connectivity index (χ3n) is 3.92. The maximum absolute atomic E-state index is 12.1. The Kier molecular flexibility index (Phi) is 7.61. The molecule has 0 saturated heterocycles. The van der Waals surface area contributed by atoms with Crippen LogP contribution >= 0.6 is 0 Å². The molecule has 0 spiro atoms. The molecular weight excluding hydrogens is 348 g/mol. The molecule has 7 heteroatoms. The summed E-state index contributed by atoms with van der Waals surface area (Å²) in [4.78, 5) is 12.1. The first-order valence-electron chi connectivity index (χ1n) is 8.68. The van der Waals surface area contributed by atoms with E-state index in [1.165, 1.54) is 21.3 Å². The molecule has 2 N–H and O–H groups in total. The number of carbonyl (C=O) groups excluding carboxylic acids is 1. The molecule has 0 bridgehead atoms. The summed E-state index contributed by atoms with van der Waals surface area (Å²) in [6.45, 7) is 2.82. The number of aryl methyl sites for hydroxylation is 1. The van der Waals surface area contributed by atoms with Crippen LogP contribution in [0.1, 0.15) is 12.5 Å². The fourth-order valence-corrected chi connectivity index (χ4v) is 2.59. The van der Waals surface area contributed by atoms with E-state index in [2.05, 4.69) is 17.6 Å². The van der Waals surface area contributed by atoms with Crippen molar-refractivity contribution in [3.05, 3.63) is 42.0 Å². The van der Waals surface area contributed by atoms with Crippen molar-refractivity contribution < 1.29 is 23.7 Å². The highest BCUT2D eigenvalue weighted by molar-refractivity contribution is 5.90. The minimum Gasteiger partial charge on any atom is -0.493 e. The summed E-state index contributed by atoms with van der Waals surface area (Å²) in [7, 11) is 4.57. The minimum absolute atomic E-state index is 0.350. The van der Waals surface area contributed by atoms with Gasteiger partial charge in [-0.05, 0) is 18.1 Å². The largest absolute Gasteiger partial charge is 0.493 e. The van der Waals surface area contributed by atoms with E-state index >= 15 is 0 Å². The van der Waals surface area contributed by atoms with Crippen LogP contribution in [0.25, 0.3) is 0 Å². The first-order chi connectivity index (χ1) is 13.1. The van der Waals surface area contributed by atoms with E-state index in [-0.39, 0.29) is 6.03 Å². The van der Waals surface area contributed by atoms with Crippen molar-refractivity contribution in [2.75, 3.05) is 39.8 Å². The lowest BCUT2D eigenvalue weighted by molar-refractivity contribution is 0.247. The monoisotopic (exact) mass is 374 g/mol. The predicted octanol–water partition coefficient (Wildman–Crippen LogP) is 3.48. The molecular formula is C20H26N2O5. The molecule has 0 fully saturated rings. The topological polar surface area (TPSA) is 78.1 Å². The van der Waals surface area contributed by atoms with Gasteiger partial charge >= 0.3 is 6.03 Å². The Morgan fingerprint density at radius 1 is 0.963 bits per heavy atom. The number of ether oxygens (including phenoxy) is 4. The smallest absolute Gasteiger partial charge is 0.319 e. The molecule has 2 aromatic carbocycles. The summed E-state index contributed by atoms with van der Waals surface area (Å²) in [5.41, 5.74) is 1.67. The second-order valence-corrected chi connectivity index (χ2v) is 5.60. The second-order valence-electron chi connectivity index (χ2n) is 5.60. The Labute approximate surface area is 159 Å². The third-order valence-corrected chi connectivity index (χ3v) is 3.92. The van der Waals surface area contributed by atoms with Gasteiger partial charge in [0.15, 0.2) is 11.5 Å². The Morgan fingerprint density at radius 2 is 1.63 bits per heavy atom. The zero-order valence-corrected chi connectivity index (χ0v) is 16.1. The van der Waals surface area contributed by atoms with E-state index in [9.17, 15) is 4.79 Å².